The molecule has 0 amide bonds. The molecule has 1 rings (SSSR count). The van der Waals surface area contributed by atoms with E-state index in [1.807, 2.05) is 36.4 Å². The average molecular weight is 219 g/mol. The van der Waals surface area contributed by atoms with Gasteiger partial charge in [-0.15, -0.1) is 6.58 Å². The minimum atomic E-state index is 0.0287. The predicted octanol–water partition coefficient (Wildman–Crippen LogP) is 2.66. The molecule has 0 aromatic heterocycles. The molecule has 0 aliphatic rings. The summed E-state index contributed by atoms with van der Waals surface area (Å²) in [5.74, 6) is 0. The van der Waals surface area contributed by atoms with E-state index in [9.17, 15) is 5.11 Å². The van der Waals surface area contributed by atoms with Crippen molar-refractivity contribution in [2.75, 3.05) is 6.61 Å². The molecule has 2 N–H and O–H groups in total. The number of nitrogens with one attached hydrogen (secondary N) is 1. The van der Waals surface area contributed by atoms with Gasteiger partial charge in [0.05, 0.1) is 12.6 Å². The molecule has 1 aromatic carbocycles. The van der Waals surface area contributed by atoms with E-state index in [2.05, 4.69) is 18.8 Å². The summed E-state index contributed by atoms with van der Waals surface area (Å²) in [5.41, 5.74) is 1.13. The van der Waals surface area contributed by atoms with Crippen LogP contribution in [0.3, 0.4) is 0 Å². The Morgan fingerprint density at radius 1 is 1.38 bits per heavy atom. The molecule has 2 unspecified atom stereocenters. The second-order valence-corrected chi connectivity index (χ2v) is 4.08. The Kier molecular flexibility index (Phi) is 5.83. The first-order valence-corrected chi connectivity index (χ1v) is 5.80. The molecule has 2 atom stereocenters. The smallest absolute Gasteiger partial charge is 0.0626 e. The van der Waals surface area contributed by atoms with Crippen molar-refractivity contribution in [2.24, 2.45) is 0 Å². The highest BCUT2D eigenvalue weighted by Gasteiger charge is 2.12. The molecule has 2 nitrogen and oxygen atoms in total. The third-order valence-corrected chi connectivity index (χ3v) is 2.67. The van der Waals surface area contributed by atoms with Crippen LogP contribution in [0.2, 0.25) is 0 Å². The number of hydrogen-bond acceptors (Lipinski definition) is 2. The molecular formula is C14H21NO. The Balaban J connectivity index is 2.52. The number of benzene rings is 1. The summed E-state index contributed by atoms with van der Waals surface area (Å²) in [5, 5.41) is 12.8. The number of aliphatic hydroxyl groups excluding tert-OH is 1. The largest absolute Gasteiger partial charge is 0.394 e. The molecule has 0 radical (unpaired) electrons. The fraction of sp³-hybridized carbons (Fsp3) is 0.429. The van der Waals surface area contributed by atoms with E-state index in [0.29, 0.717) is 6.04 Å². The average Bonchev–Trinajstić information content (AvgIpc) is 2.34. The maximum atomic E-state index is 9.37. The van der Waals surface area contributed by atoms with Gasteiger partial charge in [-0.3, -0.25) is 0 Å². The maximum absolute atomic E-state index is 9.37. The minimum Gasteiger partial charge on any atom is -0.394 e. The Morgan fingerprint density at radius 3 is 2.62 bits per heavy atom. The highest BCUT2D eigenvalue weighted by molar-refractivity contribution is 5.19. The van der Waals surface area contributed by atoms with Crippen molar-refractivity contribution in [3.63, 3.8) is 0 Å². The molecule has 0 heterocycles. The summed E-state index contributed by atoms with van der Waals surface area (Å²) in [4.78, 5) is 0. The quantitative estimate of drug-likeness (QED) is 0.691. The van der Waals surface area contributed by atoms with Crippen LogP contribution in [0.5, 0.6) is 0 Å². The molecular weight excluding hydrogens is 198 g/mol. The molecule has 16 heavy (non-hydrogen) atoms. The lowest BCUT2D eigenvalue weighted by Gasteiger charge is -2.21. The Morgan fingerprint density at radius 2 is 2.06 bits per heavy atom. The van der Waals surface area contributed by atoms with Crippen LogP contribution in [-0.4, -0.2) is 17.8 Å². The third kappa shape index (κ3) is 4.17. The zero-order valence-corrected chi connectivity index (χ0v) is 9.89. The van der Waals surface area contributed by atoms with Gasteiger partial charge >= 0.3 is 0 Å². The van der Waals surface area contributed by atoms with Gasteiger partial charge in [0.15, 0.2) is 0 Å². The monoisotopic (exact) mass is 219 g/mol. The lowest BCUT2D eigenvalue weighted by molar-refractivity contribution is 0.233. The van der Waals surface area contributed by atoms with Crippen LogP contribution in [0.4, 0.5) is 0 Å². The molecule has 0 spiro atoms. The molecule has 88 valence electrons. The number of aliphatic hydroxyl groups is 1. The molecule has 2 heteroatoms. The second-order valence-electron chi connectivity index (χ2n) is 4.08. The van der Waals surface area contributed by atoms with Gasteiger partial charge in [-0.2, -0.15) is 0 Å². The molecule has 0 aliphatic heterocycles. The summed E-state index contributed by atoms with van der Waals surface area (Å²) in [6, 6.07) is 10.5. The number of rotatable bonds is 7. The van der Waals surface area contributed by atoms with Crippen molar-refractivity contribution >= 4 is 0 Å². The molecule has 1 aromatic rings. The number of allylic oxidation sites excluding steroid dienone is 1. The zero-order chi connectivity index (χ0) is 11.8. The first-order chi connectivity index (χ1) is 7.77. The van der Waals surface area contributed by atoms with Crippen molar-refractivity contribution < 1.29 is 5.11 Å². The van der Waals surface area contributed by atoms with E-state index in [1.165, 1.54) is 0 Å². The van der Waals surface area contributed by atoms with Crippen molar-refractivity contribution in [1.29, 1.82) is 0 Å². The van der Waals surface area contributed by atoms with Gasteiger partial charge in [-0.05, 0) is 25.3 Å². The van der Waals surface area contributed by atoms with Crippen LogP contribution in [0.25, 0.3) is 0 Å². The van der Waals surface area contributed by atoms with Crippen molar-refractivity contribution in [2.45, 2.75) is 31.8 Å². The highest BCUT2D eigenvalue weighted by Crippen LogP contribution is 2.13. The predicted molar refractivity (Wildman–Crippen MR) is 68.3 cm³/mol. The van der Waals surface area contributed by atoms with Gasteiger partial charge in [0.1, 0.15) is 0 Å². The summed E-state index contributed by atoms with van der Waals surface area (Å²) >= 11 is 0. The van der Waals surface area contributed by atoms with Gasteiger partial charge in [-0.1, -0.05) is 36.4 Å². The lowest BCUT2D eigenvalue weighted by Crippen LogP contribution is -2.32. The van der Waals surface area contributed by atoms with Crippen molar-refractivity contribution in [1.82, 2.24) is 5.32 Å². The number of hydrogen-bond donors (Lipinski definition) is 2. The highest BCUT2D eigenvalue weighted by atomic mass is 16.3. The van der Waals surface area contributed by atoms with E-state index < -0.39 is 0 Å². The maximum Gasteiger partial charge on any atom is 0.0626 e. The van der Waals surface area contributed by atoms with Gasteiger partial charge in [0.25, 0.3) is 0 Å². The normalized spacial score (nSPS) is 14.4. The standard InChI is InChI=1S/C14H21NO/c1-3-4-8-12(2)15-14(11-16)13-9-6-5-7-10-13/h3,5-7,9-10,12,14-16H,1,4,8,11H2,2H3. The van der Waals surface area contributed by atoms with Crippen molar-refractivity contribution in [3.8, 4) is 0 Å². The molecule has 0 fully saturated rings. The van der Waals surface area contributed by atoms with Gasteiger partial charge in [0, 0.05) is 6.04 Å². The Bertz CT molecular complexity index is 297. The van der Waals surface area contributed by atoms with Crippen LogP contribution in [-0.2, 0) is 0 Å². The van der Waals surface area contributed by atoms with E-state index >= 15 is 0 Å². The molecule has 0 saturated heterocycles. The van der Waals surface area contributed by atoms with Gasteiger partial charge in [-0.25, -0.2) is 0 Å². The van der Waals surface area contributed by atoms with Gasteiger partial charge < -0.3 is 10.4 Å². The van der Waals surface area contributed by atoms with Crippen LogP contribution in [0.15, 0.2) is 43.0 Å². The summed E-state index contributed by atoms with van der Waals surface area (Å²) in [7, 11) is 0. The Hall–Kier alpha value is -1.12. The molecule has 0 saturated carbocycles. The topological polar surface area (TPSA) is 32.3 Å². The van der Waals surface area contributed by atoms with Crippen LogP contribution >= 0.6 is 0 Å². The van der Waals surface area contributed by atoms with E-state index in [-0.39, 0.29) is 12.6 Å². The summed E-state index contributed by atoms with van der Waals surface area (Å²) in [6.45, 7) is 5.97. The van der Waals surface area contributed by atoms with E-state index in [0.717, 1.165) is 18.4 Å². The first kappa shape index (κ1) is 12.9. The van der Waals surface area contributed by atoms with E-state index in [1.54, 1.807) is 0 Å². The fourth-order valence-electron chi connectivity index (χ4n) is 1.73. The second kappa shape index (κ2) is 7.20. The van der Waals surface area contributed by atoms with E-state index in [4.69, 9.17) is 0 Å². The van der Waals surface area contributed by atoms with Crippen molar-refractivity contribution in [3.05, 3.63) is 48.6 Å². The molecule has 0 aliphatic carbocycles. The third-order valence-electron chi connectivity index (χ3n) is 2.67. The minimum absolute atomic E-state index is 0.0287. The first-order valence-electron chi connectivity index (χ1n) is 5.80. The SMILES string of the molecule is C=CCCC(C)NC(CO)c1ccccc1. The Labute approximate surface area is 98.0 Å². The zero-order valence-electron chi connectivity index (χ0n) is 9.89. The van der Waals surface area contributed by atoms with Crippen LogP contribution in [0.1, 0.15) is 31.4 Å². The lowest BCUT2D eigenvalue weighted by atomic mass is 10.1. The molecule has 0 bridgehead atoms. The van der Waals surface area contributed by atoms with Crippen LogP contribution in [0, 0.1) is 0 Å². The van der Waals surface area contributed by atoms with Gasteiger partial charge in [0.2, 0.25) is 0 Å². The van der Waals surface area contributed by atoms with Crippen LogP contribution < -0.4 is 5.32 Å². The fourth-order valence-corrected chi connectivity index (χ4v) is 1.73. The summed E-state index contributed by atoms with van der Waals surface area (Å²) in [6.07, 6.45) is 3.97. The summed E-state index contributed by atoms with van der Waals surface area (Å²) < 4.78 is 0.